The Hall–Kier alpha value is -2.61. The van der Waals surface area contributed by atoms with Crippen molar-refractivity contribution in [3.05, 3.63) is 41.1 Å². The first-order valence-electron chi connectivity index (χ1n) is 9.21. The second kappa shape index (κ2) is 7.96. The highest BCUT2D eigenvalue weighted by atomic mass is 16.3. The lowest BCUT2D eigenvalue weighted by Gasteiger charge is -2.34. The fourth-order valence-electron chi connectivity index (χ4n) is 3.57. The zero-order valence-corrected chi connectivity index (χ0v) is 16.3. The number of aromatic nitrogens is 2. The van der Waals surface area contributed by atoms with Gasteiger partial charge in [-0.25, -0.2) is 0 Å². The lowest BCUT2D eigenvalue weighted by Crippen LogP contribution is -2.49. The lowest BCUT2D eigenvalue weighted by atomic mass is 10.0. The summed E-state index contributed by atoms with van der Waals surface area (Å²) in [5, 5.41) is 10.3. The van der Waals surface area contributed by atoms with Gasteiger partial charge in [-0.2, -0.15) is 5.10 Å². The number of likely N-dealkylation sites (tertiary alicyclic amines) is 1. The van der Waals surface area contributed by atoms with Crippen molar-refractivity contribution < 1.29 is 14.0 Å². The Morgan fingerprint density at radius 1 is 1.30 bits per heavy atom. The van der Waals surface area contributed by atoms with E-state index in [1.54, 1.807) is 30.9 Å². The van der Waals surface area contributed by atoms with E-state index in [9.17, 15) is 9.59 Å². The van der Waals surface area contributed by atoms with Crippen LogP contribution in [0.15, 0.2) is 22.9 Å². The van der Waals surface area contributed by atoms with Gasteiger partial charge < -0.3 is 20.0 Å². The highest BCUT2D eigenvalue weighted by Gasteiger charge is 2.30. The van der Waals surface area contributed by atoms with Crippen LogP contribution >= 0.6 is 0 Å². The summed E-state index contributed by atoms with van der Waals surface area (Å²) in [5.74, 6) is 1.28. The number of amides is 2. The number of nitrogens with one attached hydrogen (secondary N) is 2. The van der Waals surface area contributed by atoms with Crippen molar-refractivity contribution in [3.63, 3.8) is 0 Å². The molecule has 3 heterocycles. The van der Waals surface area contributed by atoms with Crippen LogP contribution in [0, 0.1) is 13.8 Å². The van der Waals surface area contributed by atoms with E-state index in [1.165, 1.54) is 0 Å². The molecule has 0 aliphatic carbocycles. The van der Waals surface area contributed by atoms with E-state index in [4.69, 9.17) is 4.42 Å². The van der Waals surface area contributed by atoms with Crippen molar-refractivity contribution in [3.8, 4) is 0 Å². The molecule has 0 spiro atoms. The number of hydrogen-bond acceptors (Lipinski definition) is 5. The van der Waals surface area contributed by atoms with E-state index in [1.807, 2.05) is 25.1 Å². The Balaban J connectivity index is 1.55. The topological polar surface area (TPSA) is 92.4 Å². The van der Waals surface area contributed by atoms with Crippen LogP contribution in [0.3, 0.4) is 0 Å². The Morgan fingerprint density at radius 3 is 2.52 bits per heavy atom. The molecule has 2 aromatic rings. The van der Waals surface area contributed by atoms with Crippen molar-refractivity contribution in [1.29, 1.82) is 0 Å². The van der Waals surface area contributed by atoms with Crippen LogP contribution in [0.25, 0.3) is 0 Å². The molecule has 8 nitrogen and oxygen atoms in total. The van der Waals surface area contributed by atoms with Crippen LogP contribution < -0.4 is 10.6 Å². The van der Waals surface area contributed by atoms with Gasteiger partial charge in [0.25, 0.3) is 5.91 Å². The van der Waals surface area contributed by atoms with E-state index < -0.39 is 6.04 Å². The molecule has 8 heteroatoms. The van der Waals surface area contributed by atoms with Gasteiger partial charge in [-0.3, -0.25) is 14.3 Å². The van der Waals surface area contributed by atoms with Gasteiger partial charge in [0.1, 0.15) is 17.6 Å². The van der Waals surface area contributed by atoms with Gasteiger partial charge in [0, 0.05) is 37.9 Å². The summed E-state index contributed by atoms with van der Waals surface area (Å²) in [5.41, 5.74) is 1.43. The number of carbonyl (C=O) groups excluding carboxylic acids is 2. The summed E-state index contributed by atoms with van der Waals surface area (Å²) in [7, 11) is 3.61. The molecular weight excluding hydrogens is 346 g/mol. The van der Waals surface area contributed by atoms with Crippen LogP contribution in [-0.2, 0) is 11.8 Å². The first kappa shape index (κ1) is 19.2. The Labute approximate surface area is 158 Å². The molecule has 1 aliphatic rings. The van der Waals surface area contributed by atoms with Gasteiger partial charge in [-0.1, -0.05) is 0 Å². The van der Waals surface area contributed by atoms with Gasteiger partial charge in [-0.15, -0.1) is 0 Å². The number of piperidine rings is 1. The summed E-state index contributed by atoms with van der Waals surface area (Å²) < 4.78 is 7.12. The SMILES string of the molecule is CNC(C(=O)N1CCC(NC(=O)c2cc(C)oc2C)CC1)c1cnn(C)c1. The van der Waals surface area contributed by atoms with E-state index in [2.05, 4.69) is 15.7 Å². The van der Waals surface area contributed by atoms with Crippen LogP contribution in [0.5, 0.6) is 0 Å². The van der Waals surface area contributed by atoms with Crippen LogP contribution in [-0.4, -0.2) is 52.7 Å². The molecule has 2 amide bonds. The maximum absolute atomic E-state index is 12.9. The van der Waals surface area contributed by atoms with E-state index in [0.717, 1.165) is 24.2 Å². The molecule has 1 saturated heterocycles. The van der Waals surface area contributed by atoms with Crippen molar-refractivity contribution >= 4 is 11.8 Å². The zero-order chi connectivity index (χ0) is 19.6. The van der Waals surface area contributed by atoms with E-state index in [-0.39, 0.29) is 17.9 Å². The number of likely N-dealkylation sites (N-methyl/N-ethyl adjacent to an activating group) is 1. The molecule has 2 N–H and O–H groups in total. The maximum Gasteiger partial charge on any atom is 0.255 e. The third kappa shape index (κ3) is 4.21. The predicted molar refractivity (Wildman–Crippen MR) is 100 cm³/mol. The average Bonchev–Trinajstić information content (AvgIpc) is 3.21. The molecule has 0 aromatic carbocycles. The zero-order valence-electron chi connectivity index (χ0n) is 16.3. The Kier molecular flexibility index (Phi) is 5.65. The predicted octanol–water partition coefficient (Wildman–Crippen LogP) is 1.31. The lowest BCUT2D eigenvalue weighted by molar-refractivity contribution is -0.134. The summed E-state index contributed by atoms with van der Waals surface area (Å²) in [6, 6.07) is 1.42. The molecule has 2 aromatic heterocycles. The highest BCUT2D eigenvalue weighted by Crippen LogP contribution is 2.20. The third-order valence-corrected chi connectivity index (χ3v) is 5.02. The molecule has 1 fully saturated rings. The standard InChI is InChI=1S/C19H27N5O3/c1-12-9-16(13(2)27-12)18(25)22-15-5-7-24(8-6-15)19(26)17(20-3)14-10-21-23(4)11-14/h9-11,15,17,20H,5-8H2,1-4H3,(H,22,25). The number of hydrogen-bond donors (Lipinski definition) is 2. The average molecular weight is 373 g/mol. The van der Waals surface area contributed by atoms with Crippen LogP contribution in [0.1, 0.15) is 46.3 Å². The smallest absolute Gasteiger partial charge is 0.255 e. The van der Waals surface area contributed by atoms with Gasteiger partial charge in [0.15, 0.2) is 0 Å². The minimum absolute atomic E-state index is 0.0385. The minimum Gasteiger partial charge on any atom is -0.466 e. The third-order valence-electron chi connectivity index (χ3n) is 5.02. The second-order valence-electron chi connectivity index (χ2n) is 7.07. The highest BCUT2D eigenvalue weighted by molar-refractivity contribution is 5.95. The first-order chi connectivity index (χ1) is 12.9. The summed E-state index contributed by atoms with van der Waals surface area (Å²) in [4.78, 5) is 27.1. The molecule has 1 atom stereocenters. The molecule has 3 rings (SSSR count). The van der Waals surface area contributed by atoms with Crippen molar-refractivity contribution in [2.24, 2.45) is 7.05 Å². The molecule has 1 unspecified atom stereocenters. The van der Waals surface area contributed by atoms with Crippen molar-refractivity contribution in [2.75, 3.05) is 20.1 Å². The number of rotatable bonds is 5. The molecular formula is C19H27N5O3. The molecule has 1 aliphatic heterocycles. The molecule has 27 heavy (non-hydrogen) atoms. The quantitative estimate of drug-likeness (QED) is 0.824. The minimum atomic E-state index is -0.401. The number of carbonyl (C=O) groups is 2. The maximum atomic E-state index is 12.9. The number of furan rings is 1. The summed E-state index contributed by atoms with van der Waals surface area (Å²) in [6.45, 7) is 4.85. The fraction of sp³-hybridized carbons (Fsp3) is 0.526. The second-order valence-corrected chi connectivity index (χ2v) is 7.07. The monoisotopic (exact) mass is 373 g/mol. The number of nitrogens with zero attached hydrogens (tertiary/aromatic N) is 3. The molecule has 0 saturated carbocycles. The number of aryl methyl sites for hydroxylation is 3. The van der Waals surface area contributed by atoms with Crippen LogP contribution in [0.4, 0.5) is 0 Å². The molecule has 0 radical (unpaired) electrons. The molecule has 0 bridgehead atoms. The first-order valence-corrected chi connectivity index (χ1v) is 9.21. The van der Waals surface area contributed by atoms with E-state index in [0.29, 0.717) is 24.4 Å². The van der Waals surface area contributed by atoms with Crippen LogP contribution in [0.2, 0.25) is 0 Å². The Bertz CT molecular complexity index is 817. The Morgan fingerprint density at radius 2 is 2.00 bits per heavy atom. The van der Waals surface area contributed by atoms with Crippen molar-refractivity contribution in [2.45, 2.75) is 38.8 Å². The van der Waals surface area contributed by atoms with Gasteiger partial charge in [0.05, 0.1) is 11.8 Å². The van der Waals surface area contributed by atoms with Gasteiger partial charge in [-0.05, 0) is 39.8 Å². The molecule has 146 valence electrons. The fourth-order valence-corrected chi connectivity index (χ4v) is 3.57. The van der Waals surface area contributed by atoms with Crippen molar-refractivity contribution in [1.82, 2.24) is 25.3 Å². The largest absolute Gasteiger partial charge is 0.466 e. The summed E-state index contributed by atoms with van der Waals surface area (Å²) >= 11 is 0. The van der Waals surface area contributed by atoms with E-state index >= 15 is 0 Å². The normalized spacial score (nSPS) is 16.4. The van der Waals surface area contributed by atoms with Gasteiger partial charge >= 0.3 is 0 Å². The van der Waals surface area contributed by atoms with Gasteiger partial charge in [0.2, 0.25) is 5.91 Å². The summed E-state index contributed by atoms with van der Waals surface area (Å²) in [6.07, 6.45) is 5.02.